The van der Waals surface area contributed by atoms with Crippen molar-refractivity contribution in [3.63, 3.8) is 0 Å². The number of benzene rings is 2. The maximum Gasteiger partial charge on any atom is 0.225 e. The molecule has 0 atom stereocenters. The molecule has 1 amide bonds. The van der Waals surface area contributed by atoms with E-state index in [1.165, 1.54) is 11.8 Å². The Labute approximate surface area is 150 Å². The number of nitrogens with zero attached hydrogens (tertiary/aromatic N) is 2. The lowest BCUT2D eigenvalue weighted by Crippen LogP contribution is -2.12. The minimum absolute atomic E-state index is 0.0415. The fourth-order valence-corrected chi connectivity index (χ4v) is 2.79. The Morgan fingerprint density at radius 3 is 2.32 bits per heavy atom. The van der Waals surface area contributed by atoms with Gasteiger partial charge in [0.15, 0.2) is 5.16 Å². The van der Waals surface area contributed by atoms with Crippen LogP contribution in [0.15, 0.2) is 78.2 Å². The van der Waals surface area contributed by atoms with Crippen molar-refractivity contribution in [2.24, 2.45) is 0 Å². The Kier molecular flexibility index (Phi) is 6.01. The van der Waals surface area contributed by atoms with Gasteiger partial charge in [-0.3, -0.25) is 4.79 Å². The highest BCUT2D eigenvalue weighted by molar-refractivity contribution is 7.99. The van der Waals surface area contributed by atoms with E-state index in [-0.39, 0.29) is 5.91 Å². The van der Waals surface area contributed by atoms with Crippen LogP contribution >= 0.6 is 11.8 Å². The number of nitrogens with one attached hydrogen (secondary N) is 1. The first kappa shape index (κ1) is 17.0. The topological polar surface area (TPSA) is 64.1 Å². The molecule has 0 radical (unpaired) electrons. The summed E-state index contributed by atoms with van der Waals surface area (Å²) in [4.78, 5) is 20.2. The van der Waals surface area contributed by atoms with Crippen LogP contribution in [0.4, 0.5) is 5.69 Å². The first-order valence-electron chi connectivity index (χ1n) is 7.82. The summed E-state index contributed by atoms with van der Waals surface area (Å²) in [7, 11) is 0. The van der Waals surface area contributed by atoms with E-state index in [1.54, 1.807) is 18.5 Å². The maximum atomic E-state index is 12.0. The van der Waals surface area contributed by atoms with E-state index in [0.717, 1.165) is 17.2 Å². The number of rotatable bonds is 7. The first-order valence-corrected chi connectivity index (χ1v) is 8.81. The summed E-state index contributed by atoms with van der Waals surface area (Å²) in [6.07, 6.45) is 3.77. The first-order chi connectivity index (χ1) is 12.3. The van der Waals surface area contributed by atoms with Crippen LogP contribution < -0.4 is 10.1 Å². The average molecular weight is 351 g/mol. The molecule has 2 aromatic carbocycles. The average Bonchev–Trinajstić information content (AvgIpc) is 2.65. The van der Waals surface area contributed by atoms with Gasteiger partial charge >= 0.3 is 0 Å². The van der Waals surface area contributed by atoms with Crippen molar-refractivity contribution in [1.29, 1.82) is 0 Å². The number of carbonyl (C=O) groups excluding carboxylic acids is 1. The summed E-state index contributed by atoms with van der Waals surface area (Å²) in [5, 5.41) is 3.55. The van der Waals surface area contributed by atoms with E-state index in [4.69, 9.17) is 4.74 Å². The summed E-state index contributed by atoms with van der Waals surface area (Å²) in [5.74, 6) is 2.09. The molecule has 126 valence electrons. The van der Waals surface area contributed by atoms with Crippen molar-refractivity contribution in [2.75, 3.05) is 11.1 Å². The third-order valence-electron chi connectivity index (χ3n) is 3.22. The van der Waals surface area contributed by atoms with Crippen LogP contribution in [0.5, 0.6) is 11.5 Å². The fraction of sp³-hybridized carbons (Fsp3) is 0.105. The van der Waals surface area contributed by atoms with Crippen LogP contribution in [-0.2, 0) is 4.79 Å². The molecule has 0 aliphatic carbocycles. The van der Waals surface area contributed by atoms with E-state index >= 15 is 0 Å². The second-order valence-corrected chi connectivity index (χ2v) is 6.18. The molecule has 0 spiro atoms. The Bertz CT molecular complexity index is 796. The highest BCUT2D eigenvalue weighted by Crippen LogP contribution is 2.22. The lowest BCUT2D eigenvalue weighted by atomic mass is 10.3. The van der Waals surface area contributed by atoms with Crippen molar-refractivity contribution in [3.8, 4) is 11.5 Å². The molecule has 0 aliphatic heterocycles. The zero-order chi connectivity index (χ0) is 17.3. The van der Waals surface area contributed by atoms with E-state index in [0.29, 0.717) is 17.3 Å². The number of amides is 1. The molecule has 0 saturated carbocycles. The van der Waals surface area contributed by atoms with Gasteiger partial charge in [0.1, 0.15) is 11.5 Å². The number of aromatic nitrogens is 2. The fourth-order valence-electron chi connectivity index (χ4n) is 2.05. The van der Waals surface area contributed by atoms with E-state index < -0.39 is 0 Å². The number of para-hydroxylation sites is 1. The predicted octanol–water partition coefficient (Wildman–Crippen LogP) is 4.39. The second kappa shape index (κ2) is 8.84. The highest BCUT2D eigenvalue weighted by Gasteiger charge is 2.05. The van der Waals surface area contributed by atoms with Crippen molar-refractivity contribution in [1.82, 2.24) is 9.97 Å². The minimum Gasteiger partial charge on any atom is -0.457 e. The number of thioether (sulfide) groups is 1. The van der Waals surface area contributed by atoms with Gasteiger partial charge < -0.3 is 10.1 Å². The Hall–Kier alpha value is -2.86. The predicted molar refractivity (Wildman–Crippen MR) is 99.0 cm³/mol. The second-order valence-electron chi connectivity index (χ2n) is 5.12. The van der Waals surface area contributed by atoms with Gasteiger partial charge in [-0.2, -0.15) is 0 Å². The molecule has 0 fully saturated rings. The molecule has 0 aliphatic rings. The third-order valence-corrected chi connectivity index (χ3v) is 4.10. The molecule has 0 unspecified atom stereocenters. The molecule has 25 heavy (non-hydrogen) atoms. The van der Waals surface area contributed by atoms with Crippen LogP contribution in [0.2, 0.25) is 0 Å². The molecule has 5 nitrogen and oxygen atoms in total. The summed E-state index contributed by atoms with van der Waals surface area (Å²) >= 11 is 1.46. The summed E-state index contributed by atoms with van der Waals surface area (Å²) < 4.78 is 5.72. The molecule has 1 heterocycles. The molecule has 1 aromatic heterocycles. The quantitative estimate of drug-likeness (QED) is 0.505. The zero-order valence-corrected chi connectivity index (χ0v) is 14.3. The van der Waals surface area contributed by atoms with Gasteiger partial charge in [-0.05, 0) is 42.5 Å². The summed E-state index contributed by atoms with van der Waals surface area (Å²) in [6, 6.07) is 18.6. The molecular weight excluding hydrogens is 334 g/mol. The molecule has 3 aromatic rings. The third kappa shape index (κ3) is 5.61. The van der Waals surface area contributed by atoms with Gasteiger partial charge in [-0.15, -0.1) is 0 Å². The molecule has 0 bridgehead atoms. The van der Waals surface area contributed by atoms with Gasteiger partial charge in [-0.1, -0.05) is 30.0 Å². The Morgan fingerprint density at radius 2 is 1.60 bits per heavy atom. The summed E-state index contributed by atoms with van der Waals surface area (Å²) in [6.45, 7) is 0. The van der Waals surface area contributed by atoms with Crippen molar-refractivity contribution in [2.45, 2.75) is 11.6 Å². The highest BCUT2D eigenvalue weighted by atomic mass is 32.2. The standard InChI is InChI=1S/C19H17N3O2S/c23-18(11-14-25-19-20-12-4-13-21-19)22-15-7-9-17(10-8-15)24-16-5-2-1-3-6-16/h1-10,12-13H,11,14H2,(H,22,23). The number of ether oxygens (including phenoxy) is 1. The van der Waals surface area contributed by atoms with E-state index in [1.807, 2.05) is 54.6 Å². The van der Waals surface area contributed by atoms with Gasteiger partial charge in [0.25, 0.3) is 0 Å². The number of carbonyl (C=O) groups is 1. The van der Waals surface area contributed by atoms with Gasteiger partial charge in [0.2, 0.25) is 5.91 Å². The maximum absolute atomic E-state index is 12.0. The van der Waals surface area contributed by atoms with Crippen LogP contribution in [0, 0.1) is 0 Å². The van der Waals surface area contributed by atoms with Crippen LogP contribution in [0.1, 0.15) is 6.42 Å². The lowest BCUT2D eigenvalue weighted by molar-refractivity contribution is -0.115. The van der Waals surface area contributed by atoms with Crippen molar-refractivity contribution < 1.29 is 9.53 Å². The van der Waals surface area contributed by atoms with Crippen molar-refractivity contribution in [3.05, 3.63) is 73.1 Å². The van der Waals surface area contributed by atoms with Gasteiger partial charge in [0, 0.05) is 30.3 Å². The number of anilines is 1. The number of hydrogen-bond donors (Lipinski definition) is 1. The van der Waals surface area contributed by atoms with E-state index in [9.17, 15) is 4.79 Å². The smallest absolute Gasteiger partial charge is 0.225 e. The zero-order valence-electron chi connectivity index (χ0n) is 13.5. The summed E-state index contributed by atoms with van der Waals surface area (Å²) in [5.41, 5.74) is 0.742. The molecular formula is C19H17N3O2S. The minimum atomic E-state index is -0.0415. The van der Waals surface area contributed by atoms with E-state index in [2.05, 4.69) is 15.3 Å². The molecule has 6 heteroatoms. The SMILES string of the molecule is O=C(CCSc1ncccn1)Nc1ccc(Oc2ccccc2)cc1. The monoisotopic (exact) mass is 351 g/mol. The van der Waals surface area contributed by atoms with Crippen molar-refractivity contribution >= 4 is 23.4 Å². The molecule has 3 rings (SSSR count). The van der Waals surface area contributed by atoms with Crippen LogP contribution in [0.3, 0.4) is 0 Å². The largest absolute Gasteiger partial charge is 0.457 e. The number of hydrogen-bond acceptors (Lipinski definition) is 5. The Balaban J connectivity index is 1.45. The molecule has 1 N–H and O–H groups in total. The molecule has 0 saturated heterocycles. The van der Waals surface area contributed by atoms with Crippen LogP contribution in [0.25, 0.3) is 0 Å². The van der Waals surface area contributed by atoms with Gasteiger partial charge in [-0.25, -0.2) is 9.97 Å². The van der Waals surface area contributed by atoms with Gasteiger partial charge in [0.05, 0.1) is 0 Å². The lowest BCUT2D eigenvalue weighted by Gasteiger charge is -2.08. The Morgan fingerprint density at radius 1 is 0.920 bits per heavy atom. The van der Waals surface area contributed by atoms with Crippen LogP contribution in [-0.4, -0.2) is 21.6 Å². The normalized spacial score (nSPS) is 10.2.